The number of hydrogen-bond donors (Lipinski definition) is 3. The average molecular weight is 449 g/mol. The van der Waals surface area contributed by atoms with Crippen molar-refractivity contribution in [3.63, 3.8) is 0 Å². The van der Waals surface area contributed by atoms with Gasteiger partial charge in [-0.3, -0.25) is 4.57 Å². The summed E-state index contributed by atoms with van der Waals surface area (Å²) in [6, 6.07) is 14.1. The highest BCUT2D eigenvalue weighted by Crippen LogP contribution is 2.35. The zero-order chi connectivity index (χ0) is 22.8. The number of halogens is 1. The van der Waals surface area contributed by atoms with Crippen molar-refractivity contribution in [2.45, 2.75) is 37.8 Å². The number of para-hydroxylation sites is 1. The van der Waals surface area contributed by atoms with Gasteiger partial charge in [0.25, 0.3) is 0 Å². The lowest BCUT2D eigenvalue weighted by Crippen LogP contribution is -2.22. The van der Waals surface area contributed by atoms with Crippen molar-refractivity contribution in [3.8, 4) is 5.75 Å². The van der Waals surface area contributed by atoms with E-state index < -0.39 is 0 Å². The van der Waals surface area contributed by atoms with E-state index in [1.54, 1.807) is 31.5 Å². The number of benzene rings is 2. The van der Waals surface area contributed by atoms with Crippen LogP contribution in [0.25, 0.3) is 11.2 Å². The molecule has 0 spiro atoms. The molecule has 8 nitrogen and oxygen atoms in total. The summed E-state index contributed by atoms with van der Waals surface area (Å²) in [5, 5.41) is 16.3. The molecule has 2 aromatic heterocycles. The fraction of sp³-hybridized carbons (Fsp3) is 0.292. The van der Waals surface area contributed by atoms with Crippen LogP contribution >= 0.6 is 0 Å². The van der Waals surface area contributed by atoms with Gasteiger partial charge >= 0.3 is 0 Å². The fourth-order valence-electron chi connectivity index (χ4n) is 4.19. The Labute approximate surface area is 190 Å². The van der Waals surface area contributed by atoms with Crippen molar-refractivity contribution in [2.24, 2.45) is 0 Å². The molecule has 3 N–H and O–H groups in total. The topological polar surface area (TPSA) is 97.1 Å². The summed E-state index contributed by atoms with van der Waals surface area (Å²) in [5.41, 5.74) is 2.43. The van der Waals surface area contributed by atoms with Crippen LogP contribution in [-0.2, 0) is 0 Å². The van der Waals surface area contributed by atoms with Gasteiger partial charge < -0.3 is 20.5 Å². The summed E-state index contributed by atoms with van der Waals surface area (Å²) in [7, 11) is 1.62. The molecule has 9 heteroatoms. The Morgan fingerprint density at radius 3 is 2.48 bits per heavy atom. The molecule has 2 aromatic carbocycles. The Morgan fingerprint density at radius 2 is 1.76 bits per heavy atom. The maximum Gasteiger partial charge on any atom is 0.229 e. The van der Waals surface area contributed by atoms with E-state index in [0.29, 0.717) is 41.6 Å². The van der Waals surface area contributed by atoms with E-state index in [0.717, 1.165) is 24.3 Å². The molecule has 2 heterocycles. The van der Waals surface area contributed by atoms with E-state index in [2.05, 4.69) is 20.6 Å². The normalized spacial score (nSPS) is 18.3. The molecule has 0 atom stereocenters. The average Bonchev–Trinajstić information content (AvgIpc) is 3.19. The van der Waals surface area contributed by atoms with Crippen LogP contribution in [0.4, 0.5) is 27.7 Å². The van der Waals surface area contributed by atoms with E-state index in [1.807, 2.05) is 28.8 Å². The third-order valence-corrected chi connectivity index (χ3v) is 5.93. The van der Waals surface area contributed by atoms with Crippen LogP contribution in [0.1, 0.15) is 31.7 Å². The maximum absolute atomic E-state index is 14.3. The van der Waals surface area contributed by atoms with Crippen molar-refractivity contribution >= 4 is 34.4 Å². The van der Waals surface area contributed by atoms with Crippen LogP contribution in [0.5, 0.6) is 5.75 Å². The van der Waals surface area contributed by atoms with E-state index in [-0.39, 0.29) is 18.0 Å². The number of nitrogens with one attached hydrogen (secondary N) is 2. The summed E-state index contributed by atoms with van der Waals surface area (Å²) in [4.78, 5) is 13.8. The minimum atomic E-state index is -0.358. The zero-order valence-electron chi connectivity index (χ0n) is 18.2. The van der Waals surface area contributed by atoms with Gasteiger partial charge in [0.15, 0.2) is 5.65 Å². The number of hydrogen-bond acceptors (Lipinski definition) is 7. The molecule has 4 aromatic rings. The number of rotatable bonds is 6. The van der Waals surface area contributed by atoms with Crippen LogP contribution in [0.3, 0.4) is 0 Å². The summed E-state index contributed by atoms with van der Waals surface area (Å²) in [6.45, 7) is 0. The quantitative estimate of drug-likeness (QED) is 0.384. The number of methoxy groups -OCH3 is 1. The Kier molecular flexibility index (Phi) is 5.78. The van der Waals surface area contributed by atoms with E-state index in [9.17, 15) is 9.50 Å². The summed E-state index contributed by atoms with van der Waals surface area (Å²) >= 11 is 0. The van der Waals surface area contributed by atoms with Crippen molar-refractivity contribution in [1.82, 2.24) is 19.5 Å². The predicted molar refractivity (Wildman–Crippen MR) is 125 cm³/mol. The first-order valence-electron chi connectivity index (χ1n) is 11.0. The minimum absolute atomic E-state index is 0.0800. The van der Waals surface area contributed by atoms with Crippen LogP contribution < -0.4 is 15.4 Å². The van der Waals surface area contributed by atoms with Gasteiger partial charge in [-0.2, -0.15) is 4.98 Å². The first kappa shape index (κ1) is 21.1. The van der Waals surface area contributed by atoms with Crippen molar-refractivity contribution in [3.05, 3.63) is 60.5 Å². The molecule has 0 saturated heterocycles. The highest BCUT2D eigenvalue weighted by Gasteiger charge is 2.26. The Balaban J connectivity index is 1.53. The number of ether oxygens (including phenoxy) is 1. The summed E-state index contributed by atoms with van der Waals surface area (Å²) in [5.74, 6) is 1.34. The summed E-state index contributed by atoms with van der Waals surface area (Å²) < 4.78 is 21.6. The zero-order valence-corrected chi connectivity index (χ0v) is 18.2. The molecule has 0 unspecified atom stereocenters. The molecule has 33 heavy (non-hydrogen) atoms. The van der Waals surface area contributed by atoms with Gasteiger partial charge in [0.1, 0.15) is 17.1 Å². The fourth-order valence-corrected chi connectivity index (χ4v) is 4.19. The highest BCUT2D eigenvalue weighted by atomic mass is 19.1. The highest BCUT2D eigenvalue weighted by molar-refractivity contribution is 5.77. The van der Waals surface area contributed by atoms with E-state index in [1.165, 1.54) is 6.07 Å². The van der Waals surface area contributed by atoms with Crippen LogP contribution in [0.2, 0.25) is 0 Å². The molecule has 1 saturated carbocycles. The number of fused-ring (bicyclic) bond motifs is 1. The third kappa shape index (κ3) is 4.45. The van der Waals surface area contributed by atoms with Gasteiger partial charge in [-0.25, -0.2) is 14.4 Å². The van der Waals surface area contributed by atoms with Gasteiger partial charge in [-0.05, 0) is 62.1 Å². The minimum Gasteiger partial charge on any atom is -0.497 e. The summed E-state index contributed by atoms with van der Waals surface area (Å²) in [6.07, 6.45) is 4.33. The third-order valence-electron chi connectivity index (χ3n) is 5.93. The number of nitrogens with zero attached hydrogens (tertiary/aromatic N) is 4. The largest absolute Gasteiger partial charge is 0.497 e. The number of anilines is 4. The van der Waals surface area contributed by atoms with Crippen LogP contribution in [0, 0.1) is 5.82 Å². The number of aliphatic hydroxyl groups is 1. The second kappa shape index (κ2) is 9.03. The lowest BCUT2D eigenvalue weighted by Gasteiger charge is -2.28. The van der Waals surface area contributed by atoms with Gasteiger partial charge in [-0.1, -0.05) is 12.1 Å². The number of aromatic nitrogens is 4. The van der Waals surface area contributed by atoms with Crippen LogP contribution in [0.15, 0.2) is 54.7 Å². The standard InChI is InChI=1S/C24H25FN6O2/c1-33-18-12-6-15(7-13-18)27-23-26-14-21-22(30-23)31(16-8-10-17(32)11-9-16)24(29-21)28-20-5-3-2-4-19(20)25/h2-7,12-14,16-17,32H,8-11H2,1H3,(H,28,29)(H,26,27,30)/t16-,17-. The molecule has 0 amide bonds. The molecular formula is C24H25FN6O2. The first-order valence-corrected chi connectivity index (χ1v) is 11.0. The smallest absolute Gasteiger partial charge is 0.229 e. The van der Waals surface area contributed by atoms with E-state index >= 15 is 0 Å². The number of aliphatic hydroxyl groups excluding tert-OH is 1. The van der Waals surface area contributed by atoms with Crippen molar-refractivity contribution < 1.29 is 14.2 Å². The van der Waals surface area contributed by atoms with Gasteiger partial charge in [0, 0.05) is 11.7 Å². The first-order chi connectivity index (χ1) is 16.1. The predicted octanol–water partition coefficient (Wildman–Crippen LogP) is 4.94. The second-order valence-electron chi connectivity index (χ2n) is 8.13. The SMILES string of the molecule is COc1ccc(Nc2ncc3nc(Nc4ccccc4F)n([C@H]4CC[C@H](O)CC4)c3n2)cc1. The Bertz CT molecular complexity index is 1250. The maximum atomic E-state index is 14.3. The lowest BCUT2D eigenvalue weighted by atomic mass is 9.93. The molecule has 1 aliphatic carbocycles. The van der Waals surface area contributed by atoms with Gasteiger partial charge in [0.05, 0.1) is 25.1 Å². The molecule has 1 aliphatic rings. The molecule has 1 fully saturated rings. The number of imidazole rings is 1. The molecule has 0 bridgehead atoms. The van der Waals surface area contributed by atoms with Crippen molar-refractivity contribution in [1.29, 1.82) is 0 Å². The molecule has 0 radical (unpaired) electrons. The monoisotopic (exact) mass is 448 g/mol. The molecule has 170 valence electrons. The molecule has 5 rings (SSSR count). The van der Waals surface area contributed by atoms with Gasteiger partial charge in [0.2, 0.25) is 11.9 Å². The molecule has 0 aliphatic heterocycles. The van der Waals surface area contributed by atoms with Gasteiger partial charge in [-0.15, -0.1) is 0 Å². The Hall–Kier alpha value is -3.72. The van der Waals surface area contributed by atoms with Crippen molar-refractivity contribution in [2.75, 3.05) is 17.7 Å². The van der Waals surface area contributed by atoms with Crippen LogP contribution in [-0.4, -0.2) is 37.8 Å². The van der Waals surface area contributed by atoms with E-state index in [4.69, 9.17) is 9.72 Å². The Morgan fingerprint density at radius 1 is 1.00 bits per heavy atom. The second-order valence-corrected chi connectivity index (χ2v) is 8.13. The lowest BCUT2D eigenvalue weighted by molar-refractivity contribution is 0.112. The molecular weight excluding hydrogens is 423 g/mol.